The Hall–Kier alpha value is -1.62. The van der Waals surface area contributed by atoms with Crippen LogP contribution in [0.4, 0.5) is 9.18 Å². The number of carbonyl (C=O) groups is 1. The van der Waals surface area contributed by atoms with Gasteiger partial charge in [0.2, 0.25) is 0 Å². The lowest BCUT2D eigenvalue weighted by Gasteiger charge is -2.31. The molecular weight excluding hydrogens is 283 g/mol. The van der Waals surface area contributed by atoms with Crippen LogP contribution in [0.25, 0.3) is 0 Å². The van der Waals surface area contributed by atoms with Gasteiger partial charge in [-0.1, -0.05) is 25.0 Å². The zero-order valence-electron chi connectivity index (χ0n) is 13.0. The number of carbonyl (C=O) groups excluding carboxylic acids is 1. The molecular formula is C17H25FN2O2. The summed E-state index contributed by atoms with van der Waals surface area (Å²) in [7, 11) is 0. The molecule has 2 rings (SSSR count). The standard InChI is InChI=1S/C17H25FN2O2/c1-12(9-13-5-4-7-15(18)10-13)19-17(22)20-16-8-3-2-6-14(16)11-21/h4-5,7,10,12,14,16,21H,2-3,6,8-9,11H2,1H3,(H2,19,20,22). The predicted molar refractivity (Wildman–Crippen MR) is 84.1 cm³/mol. The molecule has 3 N–H and O–H groups in total. The maximum atomic E-state index is 13.1. The van der Waals surface area contributed by atoms with Gasteiger partial charge in [0.05, 0.1) is 0 Å². The minimum absolute atomic E-state index is 0.0418. The fraction of sp³-hybridized carbons (Fsp3) is 0.588. The predicted octanol–water partition coefficient (Wildman–Crippen LogP) is 2.61. The molecule has 3 atom stereocenters. The molecule has 0 aromatic heterocycles. The van der Waals surface area contributed by atoms with E-state index in [2.05, 4.69) is 10.6 Å². The molecule has 0 radical (unpaired) electrons. The van der Waals surface area contributed by atoms with Crippen LogP contribution >= 0.6 is 0 Å². The average Bonchev–Trinajstić information content (AvgIpc) is 2.47. The Kier molecular flexibility index (Phi) is 6.19. The van der Waals surface area contributed by atoms with Crippen molar-refractivity contribution in [2.45, 2.75) is 51.1 Å². The third kappa shape index (κ3) is 4.98. The molecule has 1 aromatic carbocycles. The molecule has 0 saturated heterocycles. The molecule has 1 fully saturated rings. The van der Waals surface area contributed by atoms with Crippen LogP contribution in [-0.2, 0) is 6.42 Å². The number of urea groups is 1. The highest BCUT2D eigenvalue weighted by molar-refractivity contribution is 5.74. The Morgan fingerprint density at radius 3 is 2.91 bits per heavy atom. The van der Waals surface area contributed by atoms with Gasteiger partial charge in [0.1, 0.15) is 5.82 Å². The van der Waals surface area contributed by atoms with E-state index in [1.54, 1.807) is 6.07 Å². The molecule has 0 aliphatic heterocycles. The summed E-state index contributed by atoms with van der Waals surface area (Å²) >= 11 is 0. The number of halogens is 1. The average molecular weight is 308 g/mol. The van der Waals surface area contributed by atoms with Gasteiger partial charge < -0.3 is 15.7 Å². The number of hydrogen-bond donors (Lipinski definition) is 3. The van der Waals surface area contributed by atoms with E-state index in [4.69, 9.17) is 0 Å². The highest BCUT2D eigenvalue weighted by Crippen LogP contribution is 2.23. The summed E-state index contributed by atoms with van der Waals surface area (Å²) in [6.45, 7) is 2.01. The lowest BCUT2D eigenvalue weighted by Crippen LogP contribution is -2.50. The van der Waals surface area contributed by atoms with Crippen LogP contribution in [0.3, 0.4) is 0 Å². The first kappa shape index (κ1) is 16.7. The Morgan fingerprint density at radius 2 is 2.18 bits per heavy atom. The van der Waals surface area contributed by atoms with Crippen LogP contribution in [0.2, 0.25) is 0 Å². The van der Waals surface area contributed by atoms with Crippen molar-refractivity contribution in [3.63, 3.8) is 0 Å². The normalized spacial score (nSPS) is 22.9. The maximum Gasteiger partial charge on any atom is 0.315 e. The second-order valence-corrected chi connectivity index (χ2v) is 6.19. The minimum atomic E-state index is -0.262. The molecule has 0 heterocycles. The minimum Gasteiger partial charge on any atom is -0.396 e. The van der Waals surface area contributed by atoms with Crippen molar-refractivity contribution in [1.82, 2.24) is 10.6 Å². The molecule has 1 saturated carbocycles. The van der Waals surface area contributed by atoms with Gasteiger partial charge in [-0.05, 0) is 43.9 Å². The number of amides is 2. The van der Waals surface area contributed by atoms with E-state index in [-0.39, 0.29) is 36.5 Å². The SMILES string of the molecule is CC(Cc1cccc(F)c1)NC(=O)NC1CCCCC1CO. The summed E-state index contributed by atoms with van der Waals surface area (Å²) < 4.78 is 13.1. The zero-order chi connectivity index (χ0) is 15.9. The largest absolute Gasteiger partial charge is 0.396 e. The van der Waals surface area contributed by atoms with Crippen molar-refractivity contribution >= 4 is 6.03 Å². The number of hydrogen-bond acceptors (Lipinski definition) is 2. The molecule has 22 heavy (non-hydrogen) atoms. The Bertz CT molecular complexity index is 495. The van der Waals surface area contributed by atoms with Crippen molar-refractivity contribution in [2.75, 3.05) is 6.61 Å². The first-order chi connectivity index (χ1) is 10.6. The van der Waals surface area contributed by atoms with E-state index in [9.17, 15) is 14.3 Å². The van der Waals surface area contributed by atoms with Gasteiger partial charge in [0.25, 0.3) is 0 Å². The third-order valence-corrected chi connectivity index (χ3v) is 4.27. The van der Waals surface area contributed by atoms with Gasteiger partial charge >= 0.3 is 6.03 Å². The first-order valence-corrected chi connectivity index (χ1v) is 8.01. The first-order valence-electron chi connectivity index (χ1n) is 8.01. The van der Waals surface area contributed by atoms with Crippen molar-refractivity contribution in [3.8, 4) is 0 Å². The van der Waals surface area contributed by atoms with Crippen LogP contribution < -0.4 is 10.6 Å². The van der Waals surface area contributed by atoms with Crippen molar-refractivity contribution in [2.24, 2.45) is 5.92 Å². The molecule has 0 bridgehead atoms. The van der Waals surface area contributed by atoms with Crippen LogP contribution in [0.5, 0.6) is 0 Å². The van der Waals surface area contributed by atoms with Gasteiger partial charge in [-0.2, -0.15) is 0 Å². The molecule has 2 amide bonds. The Labute approximate surface area is 131 Å². The van der Waals surface area contributed by atoms with Gasteiger partial charge in [-0.25, -0.2) is 9.18 Å². The number of nitrogens with one attached hydrogen (secondary N) is 2. The molecule has 1 aliphatic rings. The second-order valence-electron chi connectivity index (χ2n) is 6.19. The summed E-state index contributed by atoms with van der Waals surface area (Å²) in [4.78, 5) is 12.1. The summed E-state index contributed by atoms with van der Waals surface area (Å²) in [6, 6.07) is 6.16. The fourth-order valence-electron chi connectivity index (χ4n) is 3.12. The summed E-state index contributed by atoms with van der Waals surface area (Å²) in [5.74, 6) is -0.111. The topological polar surface area (TPSA) is 61.4 Å². The zero-order valence-corrected chi connectivity index (χ0v) is 13.0. The van der Waals surface area contributed by atoms with E-state index in [0.717, 1.165) is 31.2 Å². The van der Waals surface area contributed by atoms with Crippen LogP contribution in [-0.4, -0.2) is 29.8 Å². The molecule has 4 nitrogen and oxygen atoms in total. The quantitative estimate of drug-likeness (QED) is 0.783. The fourth-order valence-corrected chi connectivity index (χ4v) is 3.12. The van der Waals surface area contributed by atoms with Crippen LogP contribution in [0.15, 0.2) is 24.3 Å². The van der Waals surface area contributed by atoms with E-state index in [1.165, 1.54) is 12.1 Å². The molecule has 1 aromatic rings. The van der Waals surface area contributed by atoms with Gasteiger partial charge in [0.15, 0.2) is 0 Å². The van der Waals surface area contributed by atoms with E-state index in [1.807, 2.05) is 13.0 Å². The monoisotopic (exact) mass is 308 g/mol. The molecule has 0 spiro atoms. The number of benzene rings is 1. The van der Waals surface area contributed by atoms with Gasteiger partial charge in [0, 0.05) is 24.6 Å². The Balaban J connectivity index is 1.80. The Morgan fingerprint density at radius 1 is 1.41 bits per heavy atom. The van der Waals surface area contributed by atoms with Crippen molar-refractivity contribution in [1.29, 1.82) is 0 Å². The second kappa shape index (κ2) is 8.13. The lowest BCUT2D eigenvalue weighted by molar-refractivity contribution is 0.153. The lowest BCUT2D eigenvalue weighted by atomic mass is 9.85. The van der Waals surface area contributed by atoms with Crippen LogP contribution in [0.1, 0.15) is 38.2 Å². The maximum absolute atomic E-state index is 13.1. The van der Waals surface area contributed by atoms with E-state index >= 15 is 0 Å². The van der Waals surface area contributed by atoms with E-state index < -0.39 is 0 Å². The molecule has 1 aliphatic carbocycles. The third-order valence-electron chi connectivity index (χ3n) is 4.27. The number of aliphatic hydroxyl groups excluding tert-OH is 1. The highest BCUT2D eigenvalue weighted by Gasteiger charge is 2.26. The summed E-state index contributed by atoms with van der Waals surface area (Å²) in [5, 5.41) is 15.2. The van der Waals surface area contributed by atoms with Crippen molar-refractivity contribution < 1.29 is 14.3 Å². The smallest absolute Gasteiger partial charge is 0.315 e. The highest BCUT2D eigenvalue weighted by atomic mass is 19.1. The van der Waals surface area contributed by atoms with Gasteiger partial charge in [-0.15, -0.1) is 0 Å². The van der Waals surface area contributed by atoms with E-state index in [0.29, 0.717) is 6.42 Å². The summed E-state index contributed by atoms with van der Waals surface area (Å²) in [5.41, 5.74) is 0.860. The van der Waals surface area contributed by atoms with Crippen LogP contribution in [0, 0.1) is 11.7 Å². The van der Waals surface area contributed by atoms with Crippen molar-refractivity contribution in [3.05, 3.63) is 35.6 Å². The van der Waals surface area contributed by atoms with Gasteiger partial charge in [-0.3, -0.25) is 0 Å². The molecule has 3 unspecified atom stereocenters. The molecule has 122 valence electrons. The number of rotatable bonds is 5. The molecule has 5 heteroatoms. The summed E-state index contributed by atoms with van der Waals surface area (Å²) in [6.07, 6.45) is 4.65. The number of aliphatic hydroxyl groups is 1.